The molecule has 0 aliphatic carbocycles. The molecule has 0 radical (unpaired) electrons. The third-order valence-electron chi connectivity index (χ3n) is 4.70. The molecule has 11 heteroatoms. The summed E-state index contributed by atoms with van der Waals surface area (Å²) in [5, 5.41) is 22.4. The van der Waals surface area contributed by atoms with Crippen molar-refractivity contribution in [1.82, 2.24) is 29.1 Å². The third kappa shape index (κ3) is 3.20. The highest BCUT2D eigenvalue weighted by Crippen LogP contribution is 2.30. The molecule has 3 aromatic rings. The van der Waals surface area contributed by atoms with Gasteiger partial charge < -0.3 is 24.8 Å². The molecule has 0 saturated carbocycles. The van der Waals surface area contributed by atoms with Crippen molar-refractivity contribution in [3.63, 3.8) is 0 Å². The van der Waals surface area contributed by atoms with Gasteiger partial charge in [0, 0.05) is 18.8 Å². The number of hydrogen-bond donors (Lipinski definition) is 4. The summed E-state index contributed by atoms with van der Waals surface area (Å²) in [5.41, 5.74) is 0.151. The monoisotopic (exact) mass is 375 g/mol. The fraction of sp³-hybridized carbons (Fsp3) is 0.500. The first kappa shape index (κ1) is 17.6. The van der Waals surface area contributed by atoms with Gasteiger partial charge >= 0.3 is 0 Å². The molecule has 0 spiro atoms. The van der Waals surface area contributed by atoms with Crippen LogP contribution in [-0.4, -0.2) is 58.1 Å². The van der Waals surface area contributed by atoms with Crippen molar-refractivity contribution in [2.45, 2.75) is 44.4 Å². The van der Waals surface area contributed by atoms with Crippen molar-refractivity contribution in [1.29, 1.82) is 0 Å². The Hall–Kier alpha value is -2.76. The average Bonchev–Trinajstić information content (AvgIpc) is 3.38. The minimum Gasteiger partial charge on any atom is -0.394 e. The van der Waals surface area contributed by atoms with E-state index >= 15 is 0 Å². The van der Waals surface area contributed by atoms with Crippen LogP contribution in [-0.2, 0) is 4.74 Å². The summed E-state index contributed by atoms with van der Waals surface area (Å²) in [5.74, 6) is 0.298. The first-order valence-electron chi connectivity index (χ1n) is 8.76. The van der Waals surface area contributed by atoms with Crippen LogP contribution >= 0.6 is 0 Å². The van der Waals surface area contributed by atoms with Crippen molar-refractivity contribution in [2.75, 3.05) is 11.9 Å². The molecule has 144 valence electrons. The van der Waals surface area contributed by atoms with Gasteiger partial charge in [-0.25, -0.2) is 9.97 Å². The van der Waals surface area contributed by atoms with E-state index in [1.54, 1.807) is 17.1 Å². The lowest BCUT2D eigenvalue weighted by Gasteiger charge is -2.19. The molecule has 0 aromatic carbocycles. The molecule has 3 aromatic heterocycles. The van der Waals surface area contributed by atoms with E-state index in [9.17, 15) is 15.0 Å². The molecule has 4 N–H and O–H groups in total. The van der Waals surface area contributed by atoms with Gasteiger partial charge in [0.05, 0.1) is 25.4 Å². The SMILES string of the molecule is CCC(Nc1nc2c(ncn2[C@H]2C[C@H](O)[C@@H](CO)O2)c(=O)[nH]1)n1ccnc1. The van der Waals surface area contributed by atoms with E-state index in [0.29, 0.717) is 11.6 Å². The number of H-pyrrole nitrogens is 1. The van der Waals surface area contributed by atoms with Gasteiger partial charge in [0.2, 0.25) is 5.95 Å². The smallest absolute Gasteiger partial charge is 0.280 e. The Balaban J connectivity index is 1.67. The largest absolute Gasteiger partial charge is 0.394 e. The second-order valence-electron chi connectivity index (χ2n) is 6.43. The molecule has 1 fully saturated rings. The number of aromatic nitrogens is 6. The highest BCUT2D eigenvalue weighted by atomic mass is 16.5. The number of rotatable bonds is 6. The second kappa shape index (κ2) is 7.10. The van der Waals surface area contributed by atoms with Crippen LogP contribution in [0.2, 0.25) is 0 Å². The van der Waals surface area contributed by atoms with Gasteiger partial charge in [-0.05, 0) is 6.42 Å². The quantitative estimate of drug-likeness (QED) is 0.471. The zero-order valence-corrected chi connectivity index (χ0v) is 14.7. The Morgan fingerprint density at radius 2 is 2.33 bits per heavy atom. The van der Waals surface area contributed by atoms with E-state index in [0.717, 1.165) is 6.42 Å². The van der Waals surface area contributed by atoms with E-state index in [1.165, 1.54) is 6.33 Å². The van der Waals surface area contributed by atoms with Crippen LogP contribution in [0.5, 0.6) is 0 Å². The number of aliphatic hydroxyl groups excluding tert-OH is 2. The van der Waals surface area contributed by atoms with Gasteiger partial charge in [0.15, 0.2) is 11.2 Å². The molecule has 4 rings (SSSR count). The second-order valence-corrected chi connectivity index (χ2v) is 6.43. The molecule has 11 nitrogen and oxygen atoms in total. The van der Waals surface area contributed by atoms with Gasteiger partial charge in [0.25, 0.3) is 5.56 Å². The highest BCUT2D eigenvalue weighted by Gasteiger charge is 2.35. The topological polar surface area (TPSA) is 143 Å². The number of nitrogens with zero attached hydrogens (tertiary/aromatic N) is 5. The zero-order valence-electron chi connectivity index (χ0n) is 14.7. The van der Waals surface area contributed by atoms with Crippen molar-refractivity contribution < 1.29 is 14.9 Å². The number of nitrogens with one attached hydrogen (secondary N) is 2. The lowest BCUT2D eigenvalue weighted by molar-refractivity contribution is -0.0432. The molecule has 1 unspecified atom stereocenters. The molecule has 1 saturated heterocycles. The van der Waals surface area contributed by atoms with Crippen LogP contribution < -0.4 is 10.9 Å². The number of imidazole rings is 2. The molecule has 1 aliphatic heterocycles. The van der Waals surface area contributed by atoms with Crippen LogP contribution in [0.3, 0.4) is 0 Å². The minimum absolute atomic E-state index is 0.132. The predicted octanol–water partition coefficient (Wildman–Crippen LogP) is -0.0225. The maximum atomic E-state index is 12.4. The Kier molecular flexibility index (Phi) is 4.64. The predicted molar refractivity (Wildman–Crippen MR) is 94.9 cm³/mol. The fourth-order valence-corrected chi connectivity index (χ4v) is 3.25. The Morgan fingerprint density at radius 3 is 3.00 bits per heavy atom. The van der Waals surface area contributed by atoms with E-state index in [4.69, 9.17) is 4.74 Å². The summed E-state index contributed by atoms with van der Waals surface area (Å²) < 4.78 is 9.14. The maximum absolute atomic E-state index is 12.4. The van der Waals surface area contributed by atoms with Gasteiger partial charge in [0.1, 0.15) is 18.5 Å². The number of ether oxygens (including phenoxy) is 1. The van der Waals surface area contributed by atoms with E-state index in [1.807, 2.05) is 17.7 Å². The lowest BCUT2D eigenvalue weighted by atomic mass is 10.2. The lowest BCUT2D eigenvalue weighted by Crippen LogP contribution is -2.24. The van der Waals surface area contributed by atoms with Crippen molar-refractivity contribution in [3.8, 4) is 0 Å². The number of anilines is 1. The Bertz CT molecular complexity index is 967. The molecule has 27 heavy (non-hydrogen) atoms. The van der Waals surface area contributed by atoms with Gasteiger partial charge in [-0.2, -0.15) is 4.98 Å². The summed E-state index contributed by atoms with van der Waals surface area (Å²) in [6, 6.07) is 0. The van der Waals surface area contributed by atoms with Crippen LogP contribution in [0.15, 0.2) is 29.8 Å². The highest BCUT2D eigenvalue weighted by molar-refractivity contribution is 5.70. The summed E-state index contributed by atoms with van der Waals surface area (Å²) in [4.78, 5) is 27.7. The molecular weight excluding hydrogens is 354 g/mol. The zero-order chi connectivity index (χ0) is 19.0. The van der Waals surface area contributed by atoms with E-state index < -0.39 is 18.4 Å². The molecule has 0 bridgehead atoms. The Morgan fingerprint density at radius 1 is 1.48 bits per heavy atom. The number of aliphatic hydroxyl groups is 2. The third-order valence-corrected chi connectivity index (χ3v) is 4.70. The van der Waals surface area contributed by atoms with E-state index in [2.05, 4.69) is 25.3 Å². The van der Waals surface area contributed by atoms with Crippen molar-refractivity contribution in [2.24, 2.45) is 0 Å². The summed E-state index contributed by atoms with van der Waals surface area (Å²) in [6.45, 7) is 1.72. The molecule has 4 heterocycles. The van der Waals surface area contributed by atoms with Crippen molar-refractivity contribution >= 4 is 17.1 Å². The maximum Gasteiger partial charge on any atom is 0.280 e. The fourth-order valence-electron chi connectivity index (χ4n) is 3.25. The van der Waals surface area contributed by atoms with Gasteiger partial charge in [-0.3, -0.25) is 14.3 Å². The van der Waals surface area contributed by atoms with Crippen molar-refractivity contribution in [3.05, 3.63) is 35.4 Å². The molecule has 4 atom stereocenters. The molecular formula is C16H21N7O4. The first-order chi connectivity index (χ1) is 13.1. The number of hydrogen-bond acceptors (Lipinski definition) is 8. The van der Waals surface area contributed by atoms with Crippen LogP contribution in [0.1, 0.15) is 32.2 Å². The summed E-state index contributed by atoms with van der Waals surface area (Å²) in [7, 11) is 0. The normalized spacial score (nSPS) is 23.7. The molecule has 1 aliphatic rings. The van der Waals surface area contributed by atoms with Gasteiger partial charge in [-0.1, -0.05) is 6.92 Å². The van der Waals surface area contributed by atoms with Gasteiger partial charge in [-0.15, -0.1) is 0 Å². The summed E-state index contributed by atoms with van der Waals surface area (Å²) >= 11 is 0. The van der Waals surface area contributed by atoms with E-state index in [-0.39, 0.29) is 30.3 Å². The average molecular weight is 375 g/mol. The first-order valence-corrected chi connectivity index (χ1v) is 8.76. The van der Waals surface area contributed by atoms with Crippen LogP contribution in [0.25, 0.3) is 11.2 Å². The Labute approximate surface area is 153 Å². The van der Waals surface area contributed by atoms with Crippen LogP contribution in [0.4, 0.5) is 5.95 Å². The number of fused-ring (bicyclic) bond motifs is 1. The van der Waals surface area contributed by atoms with Crippen LogP contribution in [0, 0.1) is 0 Å². The summed E-state index contributed by atoms with van der Waals surface area (Å²) in [6.07, 6.45) is 5.53. The minimum atomic E-state index is -0.789. The standard InChI is InChI=1S/C16H21N7O4/c1-2-11(22-4-3-17-7-22)19-16-20-14-13(15(26)21-16)18-8-23(14)12-5-9(25)10(6-24)27-12/h3-4,7-12,24-25H,2,5-6H2,1H3,(H2,19,20,21,26)/t9-,10+,11?,12+/m0/s1. The number of aromatic amines is 1. The molecule has 0 amide bonds.